The van der Waals surface area contributed by atoms with E-state index in [0.717, 1.165) is 4.90 Å². The Hall–Kier alpha value is -3.11. The summed E-state index contributed by atoms with van der Waals surface area (Å²) in [6.45, 7) is -0.524. The highest BCUT2D eigenvalue weighted by Gasteiger charge is 2.28. The molecule has 9 nitrogen and oxygen atoms in total. The minimum atomic E-state index is -1.19. The van der Waals surface area contributed by atoms with Crippen LogP contribution in [0.4, 0.5) is 5.69 Å². The molecular formula is C19H19BrN4O5. The molecule has 5 N–H and O–H groups in total. The molecule has 0 fully saturated rings. The minimum Gasteiger partial charge on any atom is -0.481 e. The lowest BCUT2D eigenvalue weighted by atomic mass is 10.0. The number of carboxylic acid groups (broad SMARTS) is 1. The molecule has 1 heterocycles. The molecule has 0 aliphatic carbocycles. The molecule has 0 radical (unpaired) electrons. The first-order valence-corrected chi connectivity index (χ1v) is 9.32. The molecule has 2 amide bonds. The van der Waals surface area contributed by atoms with Crippen LogP contribution in [0.15, 0.2) is 47.1 Å². The van der Waals surface area contributed by atoms with Crippen molar-refractivity contribution in [1.29, 1.82) is 0 Å². The van der Waals surface area contributed by atoms with Crippen molar-refractivity contribution < 1.29 is 24.3 Å². The van der Waals surface area contributed by atoms with Crippen LogP contribution in [0.3, 0.4) is 0 Å². The highest BCUT2D eigenvalue weighted by atomic mass is 79.9. The normalized spacial score (nSPS) is 11.5. The minimum absolute atomic E-state index is 0.109. The van der Waals surface area contributed by atoms with Gasteiger partial charge in [0.2, 0.25) is 17.6 Å². The van der Waals surface area contributed by atoms with Crippen LogP contribution >= 0.6 is 15.9 Å². The van der Waals surface area contributed by atoms with E-state index in [0.29, 0.717) is 4.47 Å². The Kier molecular flexibility index (Phi) is 7.57. The smallest absolute Gasteiger partial charge is 0.303 e. The maximum absolute atomic E-state index is 13.0. The van der Waals surface area contributed by atoms with E-state index in [9.17, 15) is 19.2 Å². The molecule has 1 atom stereocenters. The van der Waals surface area contributed by atoms with Crippen LogP contribution < -0.4 is 16.4 Å². The molecule has 0 aliphatic heterocycles. The molecule has 152 valence electrons. The van der Waals surface area contributed by atoms with Crippen LogP contribution in [0.1, 0.15) is 28.9 Å². The largest absolute Gasteiger partial charge is 0.481 e. The fourth-order valence-corrected chi connectivity index (χ4v) is 2.96. The van der Waals surface area contributed by atoms with E-state index in [4.69, 9.17) is 16.6 Å². The summed E-state index contributed by atoms with van der Waals surface area (Å²) in [5, 5.41) is 8.81. The third-order valence-corrected chi connectivity index (χ3v) is 4.45. The van der Waals surface area contributed by atoms with Gasteiger partial charge in [0.1, 0.15) is 12.2 Å². The van der Waals surface area contributed by atoms with Crippen LogP contribution in [-0.2, 0) is 14.4 Å². The van der Waals surface area contributed by atoms with E-state index in [1.54, 1.807) is 18.2 Å². The van der Waals surface area contributed by atoms with Crippen molar-refractivity contribution in [3.8, 4) is 0 Å². The molecule has 0 aliphatic rings. The molecular weight excluding hydrogens is 444 g/mol. The highest BCUT2D eigenvalue weighted by molar-refractivity contribution is 9.10. The van der Waals surface area contributed by atoms with E-state index < -0.39 is 36.2 Å². The van der Waals surface area contributed by atoms with Gasteiger partial charge >= 0.3 is 5.97 Å². The van der Waals surface area contributed by atoms with E-state index in [1.807, 2.05) is 0 Å². The summed E-state index contributed by atoms with van der Waals surface area (Å²) in [5.41, 5.74) is 11.5. The lowest BCUT2D eigenvalue weighted by Gasteiger charge is -2.26. The maximum atomic E-state index is 13.0. The fourth-order valence-electron chi connectivity index (χ4n) is 2.60. The van der Waals surface area contributed by atoms with E-state index in [1.165, 1.54) is 24.4 Å². The molecule has 10 heteroatoms. The van der Waals surface area contributed by atoms with Crippen molar-refractivity contribution in [3.63, 3.8) is 0 Å². The lowest BCUT2D eigenvalue weighted by molar-refractivity contribution is -0.137. The first kappa shape index (κ1) is 22.2. The van der Waals surface area contributed by atoms with Crippen LogP contribution in [0, 0.1) is 0 Å². The molecule has 2 rings (SSSR count). The van der Waals surface area contributed by atoms with Gasteiger partial charge in [-0.3, -0.25) is 24.2 Å². The van der Waals surface area contributed by atoms with Crippen molar-refractivity contribution in [3.05, 3.63) is 58.3 Å². The molecule has 29 heavy (non-hydrogen) atoms. The van der Waals surface area contributed by atoms with Gasteiger partial charge in [0.25, 0.3) is 0 Å². The van der Waals surface area contributed by atoms with E-state index >= 15 is 0 Å². The Morgan fingerprint density at radius 3 is 2.48 bits per heavy atom. The quantitative estimate of drug-likeness (QED) is 0.470. The second-order valence-corrected chi connectivity index (χ2v) is 7.05. The van der Waals surface area contributed by atoms with Gasteiger partial charge in [-0.05, 0) is 36.8 Å². The average molecular weight is 463 g/mol. The van der Waals surface area contributed by atoms with Gasteiger partial charge < -0.3 is 21.5 Å². The summed E-state index contributed by atoms with van der Waals surface area (Å²) in [5.74, 6) is -3.11. The van der Waals surface area contributed by atoms with Crippen LogP contribution in [-0.4, -0.2) is 46.2 Å². The van der Waals surface area contributed by atoms with E-state index in [-0.39, 0.29) is 29.8 Å². The Balaban J connectivity index is 2.48. The maximum Gasteiger partial charge on any atom is 0.303 e. The van der Waals surface area contributed by atoms with Crippen molar-refractivity contribution in [1.82, 2.24) is 4.98 Å². The number of halogens is 1. The molecule has 0 saturated heterocycles. The zero-order valence-electron chi connectivity index (χ0n) is 15.2. The monoisotopic (exact) mass is 462 g/mol. The zero-order chi connectivity index (χ0) is 21.6. The number of nitrogens with zero attached hydrogens (tertiary/aromatic N) is 2. The first-order chi connectivity index (χ1) is 13.7. The Labute approximate surface area is 174 Å². The highest BCUT2D eigenvalue weighted by Crippen LogP contribution is 2.27. The predicted octanol–water partition coefficient (Wildman–Crippen LogP) is 1.09. The van der Waals surface area contributed by atoms with Crippen LogP contribution in [0.2, 0.25) is 0 Å². The Morgan fingerprint density at radius 2 is 1.90 bits per heavy atom. The first-order valence-electron chi connectivity index (χ1n) is 8.53. The summed E-state index contributed by atoms with van der Waals surface area (Å²) < 4.78 is 0.571. The van der Waals surface area contributed by atoms with Crippen molar-refractivity contribution >= 4 is 45.2 Å². The van der Waals surface area contributed by atoms with Crippen LogP contribution in [0.5, 0.6) is 0 Å². The van der Waals surface area contributed by atoms with Gasteiger partial charge in [-0.2, -0.15) is 0 Å². The van der Waals surface area contributed by atoms with Gasteiger partial charge in [-0.25, -0.2) is 0 Å². The number of rotatable bonds is 9. The Bertz CT molecular complexity index is 935. The number of aromatic nitrogens is 1. The van der Waals surface area contributed by atoms with Gasteiger partial charge in [0.05, 0.1) is 11.7 Å². The molecule has 1 aromatic carbocycles. The number of anilines is 1. The number of benzene rings is 1. The Morgan fingerprint density at radius 1 is 1.17 bits per heavy atom. The summed E-state index contributed by atoms with van der Waals surface area (Å²) in [7, 11) is 0. The number of pyridine rings is 1. The van der Waals surface area contributed by atoms with Crippen molar-refractivity contribution in [2.45, 2.75) is 18.9 Å². The van der Waals surface area contributed by atoms with Crippen LogP contribution in [0.25, 0.3) is 0 Å². The summed E-state index contributed by atoms with van der Waals surface area (Å²) in [4.78, 5) is 53.2. The van der Waals surface area contributed by atoms with Gasteiger partial charge in [-0.15, -0.1) is 0 Å². The number of carbonyl (C=O) groups excluding carboxylic acids is 3. The third-order valence-electron chi connectivity index (χ3n) is 3.96. The standard InChI is InChI=1S/C19H19BrN4O5/c20-11-4-6-15(12(9-11)18(28)14-3-1-2-8-23-14)24(10-16(22)25)19(29)13(21)5-7-17(26)27/h1-4,6,8-9,13H,5,7,10,21H2,(H2,22,25)(H,26,27)/t13-/m0/s1. The fraction of sp³-hybridized carbons (Fsp3) is 0.211. The number of carbonyl (C=O) groups is 4. The zero-order valence-corrected chi connectivity index (χ0v) is 16.8. The number of hydrogen-bond acceptors (Lipinski definition) is 6. The lowest BCUT2D eigenvalue weighted by Crippen LogP contribution is -2.48. The summed E-state index contributed by atoms with van der Waals surface area (Å²) in [6.07, 6.45) is 1.000. The van der Waals surface area contributed by atoms with Gasteiger partial charge in [-0.1, -0.05) is 22.0 Å². The van der Waals surface area contributed by atoms with Crippen molar-refractivity contribution in [2.24, 2.45) is 11.5 Å². The van der Waals surface area contributed by atoms with Gasteiger partial charge in [0, 0.05) is 22.7 Å². The number of carboxylic acids is 1. The number of amides is 2. The SMILES string of the molecule is NC(=O)CN(C(=O)[C@@H](N)CCC(=O)O)c1ccc(Br)cc1C(=O)c1ccccn1. The predicted molar refractivity (Wildman–Crippen MR) is 108 cm³/mol. The topological polar surface area (TPSA) is 157 Å². The summed E-state index contributed by atoms with van der Waals surface area (Å²) >= 11 is 3.29. The third kappa shape index (κ3) is 5.93. The molecule has 0 unspecified atom stereocenters. The second-order valence-electron chi connectivity index (χ2n) is 6.14. The number of hydrogen-bond donors (Lipinski definition) is 3. The molecule has 0 spiro atoms. The molecule has 0 saturated carbocycles. The average Bonchev–Trinajstić information content (AvgIpc) is 2.69. The molecule has 2 aromatic rings. The summed E-state index contributed by atoms with van der Waals surface area (Å²) in [6, 6.07) is 8.20. The molecule has 1 aromatic heterocycles. The number of aliphatic carboxylic acids is 1. The van der Waals surface area contributed by atoms with Gasteiger partial charge in [0.15, 0.2) is 0 Å². The van der Waals surface area contributed by atoms with Crippen molar-refractivity contribution in [2.75, 3.05) is 11.4 Å². The number of ketones is 1. The number of nitrogens with two attached hydrogens (primary N) is 2. The second kappa shape index (κ2) is 9.89. The van der Waals surface area contributed by atoms with E-state index in [2.05, 4.69) is 20.9 Å². The number of primary amides is 1. The molecule has 0 bridgehead atoms.